The van der Waals surface area contributed by atoms with Crippen LogP contribution in [-0.2, 0) is 20.0 Å². The minimum absolute atomic E-state index is 0.217. The first-order chi connectivity index (χ1) is 8.72. The molecule has 2 aromatic heterocycles. The number of hydrogen-bond donors (Lipinski definition) is 0. The summed E-state index contributed by atoms with van der Waals surface area (Å²) in [5, 5.41) is 2.15. The molecule has 4 heteroatoms. The molecule has 0 aliphatic carbocycles. The van der Waals surface area contributed by atoms with Crippen molar-refractivity contribution in [3.05, 3.63) is 45.9 Å². The highest BCUT2D eigenvalue weighted by atomic mass is 32.1. The highest BCUT2D eigenvalue weighted by molar-refractivity contribution is 7.10. The second-order valence-corrected chi connectivity index (χ2v) is 5.82. The Hall–Kier alpha value is -1.39. The number of aryl methyl sites for hydroxylation is 1. The lowest BCUT2D eigenvalue weighted by molar-refractivity contribution is 0.0922. The average molecular weight is 260 g/mol. The molecule has 2 aromatic rings. The van der Waals surface area contributed by atoms with Gasteiger partial charge in [-0.05, 0) is 29.5 Å². The highest BCUT2D eigenvalue weighted by Crippen LogP contribution is 2.23. The predicted octanol–water partition coefficient (Wildman–Crippen LogP) is 2.33. The topological polar surface area (TPSA) is 25.2 Å². The summed E-state index contributed by atoms with van der Waals surface area (Å²) in [6.45, 7) is 2.43. The maximum absolute atomic E-state index is 12.1. The van der Waals surface area contributed by atoms with Crippen molar-refractivity contribution >= 4 is 17.1 Å². The number of nitrogens with zero attached hydrogens (tertiary/aromatic N) is 2. The lowest BCUT2D eigenvalue weighted by Gasteiger charge is -2.25. The van der Waals surface area contributed by atoms with E-state index in [0.29, 0.717) is 6.54 Å². The zero-order chi connectivity index (χ0) is 12.5. The van der Waals surface area contributed by atoms with E-state index >= 15 is 0 Å². The van der Waals surface area contributed by atoms with E-state index < -0.39 is 0 Å². The number of carbonyl (C=O) groups is 1. The van der Waals surface area contributed by atoms with Gasteiger partial charge in [-0.15, -0.1) is 11.3 Å². The van der Waals surface area contributed by atoms with E-state index in [4.69, 9.17) is 0 Å². The van der Waals surface area contributed by atoms with Crippen LogP contribution in [0.3, 0.4) is 0 Å². The van der Waals surface area contributed by atoms with Crippen molar-refractivity contribution in [3.63, 3.8) is 0 Å². The van der Waals surface area contributed by atoms with Crippen LogP contribution < -0.4 is 0 Å². The summed E-state index contributed by atoms with van der Waals surface area (Å²) >= 11 is 1.83. The van der Waals surface area contributed by atoms with Crippen LogP contribution in [0.1, 0.15) is 20.8 Å². The number of hydrogen-bond acceptors (Lipinski definition) is 3. The van der Waals surface area contributed by atoms with Gasteiger partial charge in [-0.25, -0.2) is 0 Å². The zero-order valence-corrected chi connectivity index (χ0v) is 11.2. The first kappa shape index (κ1) is 11.7. The van der Waals surface area contributed by atoms with Gasteiger partial charge in [0.2, 0.25) is 0 Å². The third kappa shape index (κ3) is 2.26. The van der Waals surface area contributed by atoms with Gasteiger partial charge in [0.15, 0.2) is 5.78 Å². The highest BCUT2D eigenvalue weighted by Gasteiger charge is 2.19. The summed E-state index contributed by atoms with van der Waals surface area (Å²) in [7, 11) is 1.94. The number of ketones is 1. The van der Waals surface area contributed by atoms with Crippen molar-refractivity contribution in [2.75, 3.05) is 13.1 Å². The molecule has 0 aromatic carbocycles. The summed E-state index contributed by atoms with van der Waals surface area (Å²) < 4.78 is 1.92. The van der Waals surface area contributed by atoms with Crippen LogP contribution in [0.25, 0.3) is 0 Å². The molecule has 0 saturated heterocycles. The van der Waals surface area contributed by atoms with Crippen molar-refractivity contribution in [1.82, 2.24) is 9.47 Å². The molecule has 0 bridgehead atoms. The molecule has 0 fully saturated rings. The van der Waals surface area contributed by atoms with E-state index in [9.17, 15) is 4.79 Å². The Morgan fingerprint density at radius 3 is 3.11 bits per heavy atom. The van der Waals surface area contributed by atoms with Crippen LogP contribution in [0.2, 0.25) is 0 Å². The smallest absolute Gasteiger partial charge is 0.178 e. The molecule has 0 amide bonds. The van der Waals surface area contributed by atoms with Gasteiger partial charge >= 0.3 is 0 Å². The molecule has 0 radical (unpaired) electrons. The van der Waals surface area contributed by atoms with Crippen LogP contribution in [0.5, 0.6) is 0 Å². The Labute approximate surface area is 111 Å². The molecule has 3 heterocycles. The Balaban J connectivity index is 1.66. The Morgan fingerprint density at radius 1 is 1.44 bits per heavy atom. The summed E-state index contributed by atoms with van der Waals surface area (Å²) in [5.74, 6) is 0.217. The molecular weight excluding hydrogens is 244 g/mol. The van der Waals surface area contributed by atoms with E-state index in [1.54, 1.807) is 0 Å². The molecule has 0 atom stereocenters. The van der Waals surface area contributed by atoms with Crippen molar-refractivity contribution < 1.29 is 4.79 Å². The number of fused-ring (bicyclic) bond motifs is 1. The van der Waals surface area contributed by atoms with Gasteiger partial charge in [-0.2, -0.15) is 0 Å². The van der Waals surface area contributed by atoms with Crippen molar-refractivity contribution in [1.29, 1.82) is 0 Å². The second-order valence-electron chi connectivity index (χ2n) is 4.82. The minimum atomic E-state index is 0.217. The lowest BCUT2D eigenvalue weighted by atomic mass is 10.1. The van der Waals surface area contributed by atoms with E-state index in [1.807, 2.05) is 41.4 Å². The van der Waals surface area contributed by atoms with Gasteiger partial charge in [-0.3, -0.25) is 9.69 Å². The van der Waals surface area contributed by atoms with E-state index in [-0.39, 0.29) is 5.78 Å². The SMILES string of the molecule is Cn1ccc(C(=O)CN2CCc3sccc3C2)c1. The molecule has 94 valence electrons. The second kappa shape index (κ2) is 4.71. The standard InChI is InChI=1S/C14H16N2OS/c1-15-5-2-11(8-15)13(17)10-16-6-3-14-12(9-16)4-7-18-14/h2,4-5,7-8H,3,6,9-10H2,1H3. The summed E-state index contributed by atoms with van der Waals surface area (Å²) in [6.07, 6.45) is 4.89. The summed E-state index contributed by atoms with van der Waals surface area (Å²) in [6, 6.07) is 4.07. The number of carbonyl (C=O) groups excluding carboxylic acids is 1. The maximum atomic E-state index is 12.1. The molecule has 0 saturated carbocycles. The van der Waals surface area contributed by atoms with Crippen molar-refractivity contribution in [3.8, 4) is 0 Å². The van der Waals surface area contributed by atoms with Crippen LogP contribution in [0, 0.1) is 0 Å². The van der Waals surface area contributed by atoms with Gasteiger partial charge in [0, 0.05) is 43.0 Å². The Morgan fingerprint density at radius 2 is 2.33 bits per heavy atom. The largest absolute Gasteiger partial charge is 0.357 e. The maximum Gasteiger partial charge on any atom is 0.178 e. The van der Waals surface area contributed by atoms with Gasteiger partial charge in [0.25, 0.3) is 0 Å². The number of Topliss-reactive ketones (excluding diaryl/α,β-unsaturated/α-hetero) is 1. The molecule has 0 N–H and O–H groups in total. The van der Waals surface area contributed by atoms with Gasteiger partial charge in [0.1, 0.15) is 0 Å². The first-order valence-corrected chi connectivity index (χ1v) is 7.03. The zero-order valence-electron chi connectivity index (χ0n) is 10.4. The first-order valence-electron chi connectivity index (χ1n) is 6.15. The fraction of sp³-hybridized carbons (Fsp3) is 0.357. The van der Waals surface area contributed by atoms with Crippen molar-refractivity contribution in [2.24, 2.45) is 7.05 Å². The molecular formula is C14H16N2OS. The molecule has 1 aliphatic heterocycles. The fourth-order valence-corrected chi connectivity index (χ4v) is 3.29. The average Bonchev–Trinajstić information content (AvgIpc) is 2.96. The third-order valence-electron chi connectivity index (χ3n) is 3.41. The molecule has 3 rings (SSSR count). The third-order valence-corrected chi connectivity index (χ3v) is 4.43. The van der Waals surface area contributed by atoms with Gasteiger partial charge in [-0.1, -0.05) is 0 Å². The lowest BCUT2D eigenvalue weighted by Crippen LogP contribution is -2.34. The Kier molecular flexibility index (Phi) is 3.06. The monoisotopic (exact) mass is 260 g/mol. The number of aromatic nitrogens is 1. The van der Waals surface area contributed by atoms with E-state index in [1.165, 1.54) is 10.4 Å². The molecule has 0 spiro atoms. The van der Waals surface area contributed by atoms with Crippen LogP contribution in [0.4, 0.5) is 0 Å². The van der Waals surface area contributed by atoms with E-state index in [2.05, 4.69) is 16.3 Å². The van der Waals surface area contributed by atoms with E-state index in [0.717, 1.165) is 25.1 Å². The van der Waals surface area contributed by atoms with Crippen LogP contribution in [-0.4, -0.2) is 28.3 Å². The summed E-state index contributed by atoms with van der Waals surface area (Å²) in [5.41, 5.74) is 2.21. The molecule has 1 aliphatic rings. The van der Waals surface area contributed by atoms with Gasteiger partial charge in [0.05, 0.1) is 6.54 Å². The van der Waals surface area contributed by atoms with Crippen molar-refractivity contribution in [2.45, 2.75) is 13.0 Å². The normalized spacial score (nSPS) is 15.6. The fourth-order valence-electron chi connectivity index (χ4n) is 2.40. The van der Waals surface area contributed by atoms with Crippen LogP contribution >= 0.6 is 11.3 Å². The predicted molar refractivity (Wildman–Crippen MR) is 73.0 cm³/mol. The Bertz CT molecular complexity index is 570. The van der Waals surface area contributed by atoms with Gasteiger partial charge < -0.3 is 4.57 Å². The van der Waals surface area contributed by atoms with Crippen LogP contribution in [0.15, 0.2) is 29.9 Å². The molecule has 3 nitrogen and oxygen atoms in total. The number of rotatable bonds is 3. The summed E-state index contributed by atoms with van der Waals surface area (Å²) in [4.78, 5) is 15.8. The quantitative estimate of drug-likeness (QED) is 0.791. The number of thiophene rings is 1. The molecule has 0 unspecified atom stereocenters. The molecule has 18 heavy (non-hydrogen) atoms. The minimum Gasteiger partial charge on any atom is -0.357 e.